The van der Waals surface area contributed by atoms with Crippen LogP contribution in [0.1, 0.15) is 23.4 Å². The first-order valence-corrected chi connectivity index (χ1v) is 9.78. The lowest BCUT2D eigenvalue weighted by Crippen LogP contribution is -2.47. The van der Waals surface area contributed by atoms with Crippen LogP contribution in [0, 0.1) is 11.8 Å². The minimum absolute atomic E-state index is 0.0325. The maximum absolute atomic E-state index is 12.9. The van der Waals surface area contributed by atoms with Gasteiger partial charge in [-0.25, -0.2) is 0 Å². The Balaban J connectivity index is 1.49. The molecule has 1 saturated heterocycles. The molecule has 1 aliphatic carbocycles. The van der Waals surface area contributed by atoms with E-state index < -0.39 is 22.9 Å². The molecule has 6 nitrogen and oxygen atoms in total. The molecule has 2 fully saturated rings. The van der Waals surface area contributed by atoms with Crippen molar-refractivity contribution in [2.24, 2.45) is 17.7 Å². The maximum Gasteiger partial charge on any atom is 0.445 e. The first kappa shape index (κ1) is 21.0. The maximum atomic E-state index is 12.9. The summed E-state index contributed by atoms with van der Waals surface area (Å²) in [5, 5.41) is 6.07. The van der Waals surface area contributed by atoms with Gasteiger partial charge < -0.3 is 14.5 Å². The fraction of sp³-hybridized carbons (Fsp3) is 0.529. The van der Waals surface area contributed by atoms with E-state index in [-0.39, 0.29) is 34.6 Å². The van der Waals surface area contributed by atoms with Gasteiger partial charge in [-0.15, -0.1) is 10.2 Å². The Morgan fingerprint density at radius 2 is 1.63 bits per heavy atom. The van der Waals surface area contributed by atoms with Crippen LogP contribution in [0.15, 0.2) is 18.2 Å². The number of benzene rings is 1. The molecule has 0 amide bonds. The lowest BCUT2D eigenvalue weighted by molar-refractivity contribution is -0.138. The van der Waals surface area contributed by atoms with Crippen LogP contribution in [0.5, 0.6) is 11.5 Å². The minimum Gasteiger partial charge on any atom is -0.486 e. The number of fused-ring (bicyclic) bond motifs is 2. The predicted octanol–water partition coefficient (Wildman–Crippen LogP) is 4.12. The van der Waals surface area contributed by atoms with Gasteiger partial charge in [-0.1, -0.05) is 11.3 Å². The van der Waals surface area contributed by atoms with E-state index in [1.165, 1.54) is 0 Å². The Morgan fingerprint density at radius 1 is 0.967 bits per heavy atom. The Morgan fingerprint density at radius 3 is 2.17 bits per heavy atom. The molecule has 1 saturated carbocycles. The number of piperidine rings is 1. The first-order chi connectivity index (χ1) is 14.1. The third-order valence-electron chi connectivity index (χ3n) is 5.34. The van der Waals surface area contributed by atoms with E-state index in [9.17, 15) is 26.3 Å². The summed E-state index contributed by atoms with van der Waals surface area (Å²) in [4.78, 5) is 6.33. The third kappa shape index (κ3) is 4.00. The predicted molar refractivity (Wildman–Crippen MR) is 94.0 cm³/mol. The highest BCUT2D eigenvalue weighted by atomic mass is 32.1. The van der Waals surface area contributed by atoms with Gasteiger partial charge >= 0.3 is 12.4 Å². The van der Waals surface area contributed by atoms with Gasteiger partial charge in [-0.05, 0) is 31.0 Å². The number of nitrogens with two attached hydrogens (primary N) is 1. The van der Waals surface area contributed by atoms with Crippen molar-refractivity contribution in [1.29, 1.82) is 0 Å². The molecule has 13 heteroatoms. The average Bonchev–Trinajstić information content (AvgIpc) is 3.24. The topological polar surface area (TPSA) is 73.5 Å². The zero-order valence-corrected chi connectivity index (χ0v) is 16.0. The highest BCUT2D eigenvalue weighted by Gasteiger charge is 2.45. The van der Waals surface area contributed by atoms with Crippen molar-refractivity contribution in [1.82, 2.24) is 10.2 Å². The number of hydrogen-bond acceptors (Lipinski definition) is 7. The summed E-state index contributed by atoms with van der Waals surface area (Å²) in [5.74, 6) is 4.92. The quantitative estimate of drug-likeness (QED) is 0.554. The Kier molecular flexibility index (Phi) is 5.21. The molecular formula is C17H16F6N4O2S. The van der Waals surface area contributed by atoms with E-state index in [1.54, 1.807) is 4.90 Å². The molecular weight excluding hydrogens is 438 g/mol. The molecule has 2 aromatic rings. The molecule has 0 spiro atoms. The molecule has 30 heavy (non-hydrogen) atoms. The molecule has 164 valence electrons. The number of hydrogen-bond donors (Lipinski definition) is 1. The van der Waals surface area contributed by atoms with Gasteiger partial charge in [0.05, 0.1) is 5.56 Å². The van der Waals surface area contributed by atoms with Crippen LogP contribution in [0.3, 0.4) is 0 Å². The number of halogens is 6. The molecule has 1 aromatic heterocycles. The van der Waals surface area contributed by atoms with Gasteiger partial charge in [0.1, 0.15) is 6.10 Å². The normalized spacial score (nSPS) is 24.2. The van der Waals surface area contributed by atoms with Gasteiger partial charge in [0, 0.05) is 24.9 Å². The van der Waals surface area contributed by atoms with Crippen molar-refractivity contribution < 1.29 is 35.9 Å². The number of anilines is 1. The number of aromatic nitrogens is 2. The van der Waals surface area contributed by atoms with E-state index >= 15 is 0 Å². The Bertz CT molecular complexity index is 904. The SMILES string of the molecule is NOc1cc(C(F)(F)F)ccc1OC1[C@@H]2CC[C@H]1CN(c1nnc(C(F)(F)F)s1)C2. The van der Waals surface area contributed by atoms with E-state index in [0.717, 1.165) is 31.0 Å². The molecule has 1 aromatic carbocycles. The first-order valence-electron chi connectivity index (χ1n) is 8.96. The van der Waals surface area contributed by atoms with Crippen LogP contribution in [0.25, 0.3) is 0 Å². The fourth-order valence-electron chi connectivity index (χ4n) is 4.00. The number of ether oxygens (including phenoxy) is 1. The number of alkyl halides is 6. The molecule has 3 atom stereocenters. The van der Waals surface area contributed by atoms with E-state index in [4.69, 9.17) is 10.6 Å². The zero-order chi connectivity index (χ0) is 21.7. The van der Waals surface area contributed by atoms with E-state index in [2.05, 4.69) is 15.0 Å². The van der Waals surface area contributed by atoms with Crippen LogP contribution in [0.4, 0.5) is 31.5 Å². The molecule has 1 aliphatic heterocycles. The van der Waals surface area contributed by atoms with Crippen molar-refractivity contribution >= 4 is 16.5 Å². The Hall–Kier alpha value is -2.28. The molecule has 2 N–H and O–H groups in total. The number of rotatable bonds is 4. The lowest BCUT2D eigenvalue weighted by Gasteiger charge is -2.37. The van der Waals surface area contributed by atoms with Gasteiger partial charge in [-0.3, -0.25) is 0 Å². The van der Waals surface area contributed by atoms with Gasteiger partial charge in [-0.2, -0.15) is 32.2 Å². The summed E-state index contributed by atoms with van der Waals surface area (Å²) in [6.07, 6.45) is -7.86. The lowest BCUT2D eigenvalue weighted by atomic mass is 9.95. The highest BCUT2D eigenvalue weighted by molar-refractivity contribution is 7.15. The van der Waals surface area contributed by atoms with Crippen molar-refractivity contribution in [2.75, 3.05) is 18.0 Å². The van der Waals surface area contributed by atoms with Crippen LogP contribution in [0.2, 0.25) is 0 Å². The van der Waals surface area contributed by atoms with Crippen molar-refractivity contribution in [3.05, 3.63) is 28.8 Å². The largest absolute Gasteiger partial charge is 0.486 e. The second-order valence-corrected chi connectivity index (χ2v) is 8.21. The second-order valence-electron chi connectivity index (χ2n) is 7.25. The fourth-order valence-corrected chi connectivity index (χ4v) is 4.73. The molecule has 2 aliphatic rings. The van der Waals surface area contributed by atoms with E-state index in [1.807, 2.05) is 0 Å². The monoisotopic (exact) mass is 454 g/mol. The summed E-state index contributed by atoms with van der Waals surface area (Å²) < 4.78 is 83.0. The van der Waals surface area contributed by atoms with Gasteiger partial charge in [0.25, 0.3) is 0 Å². The Labute approximate surface area is 170 Å². The molecule has 2 bridgehead atoms. The third-order valence-corrected chi connectivity index (χ3v) is 6.36. The van der Waals surface area contributed by atoms with Crippen molar-refractivity contribution in [2.45, 2.75) is 31.3 Å². The van der Waals surface area contributed by atoms with Crippen LogP contribution >= 0.6 is 11.3 Å². The van der Waals surface area contributed by atoms with Gasteiger partial charge in [0.15, 0.2) is 11.5 Å². The second kappa shape index (κ2) is 7.45. The summed E-state index contributed by atoms with van der Waals surface area (Å²) >= 11 is 0.488. The molecule has 2 heterocycles. The van der Waals surface area contributed by atoms with Crippen LogP contribution in [-0.4, -0.2) is 29.4 Å². The number of nitrogens with zero attached hydrogens (tertiary/aromatic N) is 3. The van der Waals surface area contributed by atoms with Crippen molar-refractivity contribution in [3.8, 4) is 11.5 Å². The average molecular weight is 454 g/mol. The standard InChI is InChI=1S/C17H16F6N4O2S/c18-16(19,20)10-3-4-11(12(5-10)29-24)28-13-8-1-2-9(13)7-27(6-8)15-26-25-14(30-15)17(21,22)23/h3-5,8-9,13H,1-2,6-7,24H2/t8-,9+,13?. The highest BCUT2D eigenvalue weighted by Crippen LogP contribution is 2.44. The minimum atomic E-state index is -4.55. The molecule has 1 unspecified atom stereocenters. The summed E-state index contributed by atoms with van der Waals surface area (Å²) in [6, 6.07) is 2.82. The van der Waals surface area contributed by atoms with E-state index in [0.29, 0.717) is 24.4 Å². The van der Waals surface area contributed by atoms with Crippen LogP contribution < -0.4 is 20.4 Å². The summed E-state index contributed by atoms with van der Waals surface area (Å²) in [6.45, 7) is 0.820. The molecule has 4 rings (SSSR count). The van der Waals surface area contributed by atoms with Crippen molar-refractivity contribution in [3.63, 3.8) is 0 Å². The van der Waals surface area contributed by atoms with Gasteiger partial charge in [0.2, 0.25) is 10.1 Å². The zero-order valence-electron chi connectivity index (χ0n) is 15.2. The summed E-state index contributed by atoms with van der Waals surface area (Å²) in [7, 11) is 0. The smallest absolute Gasteiger partial charge is 0.445 e. The molecule has 0 radical (unpaired) electrons. The summed E-state index contributed by atoms with van der Waals surface area (Å²) in [5.41, 5.74) is -0.912. The van der Waals surface area contributed by atoms with Crippen LogP contribution in [-0.2, 0) is 12.4 Å².